The van der Waals surface area contributed by atoms with Gasteiger partial charge in [-0.15, -0.1) is 0 Å². The largest absolute Gasteiger partial charge is 0.357 e. The molecular formula is C21H22FN7O. The summed E-state index contributed by atoms with van der Waals surface area (Å²) in [4.78, 5) is 27.0. The van der Waals surface area contributed by atoms with Gasteiger partial charge in [0.15, 0.2) is 0 Å². The Kier molecular flexibility index (Phi) is 5.37. The average molecular weight is 407 g/mol. The zero-order valence-electron chi connectivity index (χ0n) is 16.8. The highest BCUT2D eigenvalue weighted by Crippen LogP contribution is 2.35. The predicted octanol–water partition coefficient (Wildman–Crippen LogP) is 4.63. The minimum absolute atomic E-state index is 0.118. The second kappa shape index (κ2) is 8.12. The molecule has 0 fully saturated rings. The third-order valence-electron chi connectivity index (χ3n) is 5.58. The van der Waals surface area contributed by atoms with Crippen LogP contribution in [0.5, 0.6) is 0 Å². The number of carbonyl (C=O) groups is 1. The first-order valence-corrected chi connectivity index (χ1v) is 9.93. The number of aryl methyl sites for hydroxylation is 1. The lowest BCUT2D eigenvalue weighted by Gasteiger charge is -2.25. The van der Waals surface area contributed by atoms with Crippen LogP contribution in [0.1, 0.15) is 47.4 Å². The number of aromatic amines is 1. The van der Waals surface area contributed by atoms with Gasteiger partial charge in [-0.25, -0.2) is 9.97 Å². The van der Waals surface area contributed by atoms with E-state index in [-0.39, 0.29) is 17.5 Å². The van der Waals surface area contributed by atoms with Crippen molar-refractivity contribution in [3.05, 3.63) is 57.6 Å². The number of H-pyrrole nitrogens is 1. The highest BCUT2D eigenvalue weighted by molar-refractivity contribution is 5.99. The number of amides is 1. The van der Waals surface area contributed by atoms with Gasteiger partial charge in [0.25, 0.3) is 5.91 Å². The molecule has 0 saturated carbocycles. The summed E-state index contributed by atoms with van der Waals surface area (Å²) in [5, 5.41) is 6.56. The Labute approximate surface area is 172 Å². The summed E-state index contributed by atoms with van der Waals surface area (Å²) in [5.41, 5.74) is 12.7. The lowest BCUT2D eigenvalue weighted by atomic mass is 9.87. The normalized spacial score (nSPS) is 16.6. The monoisotopic (exact) mass is 407 g/mol. The van der Waals surface area contributed by atoms with Gasteiger partial charge in [-0.1, -0.05) is 24.2 Å². The van der Waals surface area contributed by atoms with E-state index in [1.54, 1.807) is 19.1 Å². The van der Waals surface area contributed by atoms with Crippen LogP contribution in [0.4, 0.5) is 4.39 Å². The zero-order chi connectivity index (χ0) is 21.3. The van der Waals surface area contributed by atoms with E-state index in [2.05, 4.69) is 37.2 Å². The fraction of sp³-hybridized carbons (Fsp3) is 0.381. The number of fused-ring (bicyclic) bond motifs is 2. The van der Waals surface area contributed by atoms with Gasteiger partial charge in [-0.2, -0.15) is 4.39 Å². The van der Waals surface area contributed by atoms with Crippen LogP contribution < -0.4 is 5.32 Å². The third-order valence-corrected chi connectivity index (χ3v) is 5.58. The number of nitrogens with one attached hydrogen (secondary N) is 2. The van der Waals surface area contributed by atoms with E-state index in [9.17, 15) is 9.18 Å². The smallest absolute Gasteiger partial charge is 0.253 e. The fourth-order valence-electron chi connectivity index (χ4n) is 4.03. The Morgan fingerprint density at radius 3 is 3.00 bits per heavy atom. The summed E-state index contributed by atoms with van der Waals surface area (Å²) in [6.45, 7) is 4.69. The Bertz CT molecular complexity index is 1170. The molecule has 3 heterocycles. The number of hydrogen-bond acceptors (Lipinski definition) is 4. The highest BCUT2D eigenvalue weighted by atomic mass is 19.1. The molecule has 0 bridgehead atoms. The molecule has 1 aliphatic heterocycles. The highest BCUT2D eigenvalue weighted by Gasteiger charge is 2.29. The lowest BCUT2D eigenvalue weighted by Crippen LogP contribution is -2.35. The number of aromatic nitrogens is 3. The van der Waals surface area contributed by atoms with Crippen molar-refractivity contribution < 1.29 is 9.18 Å². The molecule has 4 rings (SSSR count). The molecule has 2 N–H and O–H groups in total. The maximum atomic E-state index is 14.1. The summed E-state index contributed by atoms with van der Waals surface area (Å²) in [6.07, 6.45) is 1.63. The van der Waals surface area contributed by atoms with E-state index < -0.39 is 5.95 Å². The molecule has 1 aliphatic rings. The van der Waals surface area contributed by atoms with Gasteiger partial charge in [-0.05, 0) is 43.3 Å². The van der Waals surface area contributed by atoms with Crippen LogP contribution >= 0.6 is 0 Å². The Hall–Kier alpha value is -3.45. The number of hydrogen-bond donors (Lipinski definition) is 2. The van der Waals surface area contributed by atoms with E-state index in [0.29, 0.717) is 46.9 Å². The predicted molar refractivity (Wildman–Crippen MR) is 112 cm³/mol. The van der Waals surface area contributed by atoms with Crippen molar-refractivity contribution in [3.8, 4) is 11.3 Å². The number of benzene rings is 1. The number of azide groups is 1. The van der Waals surface area contributed by atoms with Crippen LogP contribution in [0.25, 0.3) is 32.7 Å². The first-order chi connectivity index (χ1) is 14.5. The Morgan fingerprint density at radius 2 is 2.20 bits per heavy atom. The molecule has 0 spiro atoms. The van der Waals surface area contributed by atoms with Gasteiger partial charge in [0, 0.05) is 40.9 Å². The zero-order valence-corrected chi connectivity index (χ0v) is 16.8. The number of halogens is 1. The van der Waals surface area contributed by atoms with Crippen LogP contribution in [0, 0.1) is 18.8 Å². The molecule has 1 amide bonds. The van der Waals surface area contributed by atoms with Gasteiger partial charge >= 0.3 is 0 Å². The summed E-state index contributed by atoms with van der Waals surface area (Å²) in [6, 6.07) is 7.29. The van der Waals surface area contributed by atoms with Gasteiger partial charge in [0.1, 0.15) is 5.52 Å². The van der Waals surface area contributed by atoms with Crippen molar-refractivity contribution in [2.45, 2.75) is 32.6 Å². The maximum absolute atomic E-state index is 14.1. The van der Waals surface area contributed by atoms with Crippen LogP contribution in [-0.4, -0.2) is 33.9 Å². The molecule has 0 radical (unpaired) electrons. The summed E-state index contributed by atoms with van der Waals surface area (Å²) in [7, 11) is 0. The molecule has 8 nitrogen and oxygen atoms in total. The summed E-state index contributed by atoms with van der Waals surface area (Å²) >= 11 is 0. The van der Waals surface area contributed by atoms with Crippen LogP contribution in [-0.2, 0) is 0 Å². The molecular weight excluding hydrogens is 385 g/mol. The minimum Gasteiger partial charge on any atom is -0.357 e. The van der Waals surface area contributed by atoms with Gasteiger partial charge in [0.2, 0.25) is 5.95 Å². The van der Waals surface area contributed by atoms with Crippen molar-refractivity contribution in [1.82, 2.24) is 20.3 Å². The van der Waals surface area contributed by atoms with Crippen molar-refractivity contribution in [1.29, 1.82) is 0 Å². The Morgan fingerprint density at radius 1 is 1.37 bits per heavy atom. The molecule has 1 aromatic carbocycles. The molecule has 2 aromatic heterocycles. The fourth-order valence-corrected chi connectivity index (χ4v) is 4.03. The van der Waals surface area contributed by atoms with E-state index in [1.807, 2.05) is 12.1 Å². The second-order valence-electron chi connectivity index (χ2n) is 7.77. The molecule has 30 heavy (non-hydrogen) atoms. The number of rotatable bonds is 6. The molecule has 9 heteroatoms. The number of nitrogens with zero attached hydrogens (tertiary/aromatic N) is 5. The molecule has 0 saturated heterocycles. The number of carbonyl (C=O) groups excluding carboxylic acids is 1. The van der Waals surface area contributed by atoms with Crippen LogP contribution in [0.2, 0.25) is 0 Å². The molecule has 2 atom stereocenters. The molecule has 3 aromatic rings. The van der Waals surface area contributed by atoms with Gasteiger partial charge in [-0.3, -0.25) is 4.79 Å². The second-order valence-corrected chi connectivity index (χ2v) is 7.77. The van der Waals surface area contributed by atoms with E-state index in [0.717, 1.165) is 18.5 Å². The van der Waals surface area contributed by atoms with Gasteiger partial charge < -0.3 is 10.3 Å². The van der Waals surface area contributed by atoms with Crippen molar-refractivity contribution in [2.75, 3.05) is 13.1 Å². The van der Waals surface area contributed by atoms with Crippen LogP contribution in [0.15, 0.2) is 29.4 Å². The van der Waals surface area contributed by atoms with Crippen molar-refractivity contribution >= 4 is 16.9 Å². The SMILES string of the molecule is Cc1nc2cccc(-c3cc4c([nH]3)[C@H](CC(C)CCN=[N+]=[N-])CNC4=O)c2nc1F. The van der Waals surface area contributed by atoms with E-state index >= 15 is 0 Å². The standard InChI is InChI=1S/C21H22FN7O/c1-11(6-7-25-29-23)8-13-10-24-21(30)15-9-17(27-18(13)15)14-4-3-5-16-19(14)28-20(22)12(2)26-16/h3-5,9,11,13,27H,6-8,10H2,1-2H3,(H,24,30)/t11?,13-/m1/s1. The minimum atomic E-state index is -0.601. The van der Waals surface area contributed by atoms with Crippen molar-refractivity contribution in [2.24, 2.45) is 11.0 Å². The van der Waals surface area contributed by atoms with Crippen LogP contribution in [0.3, 0.4) is 0 Å². The summed E-state index contributed by atoms with van der Waals surface area (Å²) in [5.74, 6) is -0.280. The summed E-state index contributed by atoms with van der Waals surface area (Å²) < 4.78 is 14.1. The molecule has 154 valence electrons. The molecule has 0 aliphatic carbocycles. The lowest BCUT2D eigenvalue weighted by molar-refractivity contribution is 0.0937. The average Bonchev–Trinajstić information content (AvgIpc) is 3.17. The van der Waals surface area contributed by atoms with E-state index in [4.69, 9.17) is 5.53 Å². The quantitative estimate of drug-likeness (QED) is 0.352. The molecule has 1 unspecified atom stereocenters. The van der Waals surface area contributed by atoms with Gasteiger partial charge in [0.05, 0.1) is 16.8 Å². The van der Waals surface area contributed by atoms with E-state index in [1.165, 1.54) is 0 Å². The maximum Gasteiger partial charge on any atom is 0.253 e. The Balaban J connectivity index is 1.70. The third kappa shape index (κ3) is 3.71. The first kappa shape index (κ1) is 19.8. The topological polar surface area (TPSA) is 119 Å². The van der Waals surface area contributed by atoms with Crippen molar-refractivity contribution in [3.63, 3.8) is 0 Å². The number of para-hydroxylation sites is 1. The first-order valence-electron chi connectivity index (χ1n) is 9.93.